The summed E-state index contributed by atoms with van der Waals surface area (Å²) in [4.78, 5) is 22.0. The number of carbonyl (C=O) groups excluding carboxylic acids is 1. The minimum atomic E-state index is -0.802. The Labute approximate surface area is 178 Å². The Kier molecular flexibility index (Phi) is 5.76. The summed E-state index contributed by atoms with van der Waals surface area (Å²) in [6.45, 7) is 1.82. The number of aryl methyl sites for hydroxylation is 1. The van der Waals surface area contributed by atoms with Crippen molar-refractivity contribution in [3.63, 3.8) is 0 Å². The highest BCUT2D eigenvalue weighted by atomic mass is 19.1. The van der Waals surface area contributed by atoms with Crippen molar-refractivity contribution in [2.24, 2.45) is 11.5 Å². The number of halogens is 1. The number of pyridine rings is 2. The van der Waals surface area contributed by atoms with Gasteiger partial charge in [-0.15, -0.1) is 4.80 Å². The topological polar surface area (TPSA) is 150 Å². The minimum Gasteiger partial charge on any atom is -0.365 e. The Hall–Kier alpha value is -3.60. The first-order valence-corrected chi connectivity index (χ1v) is 10.0. The Balaban J connectivity index is 1.67. The van der Waals surface area contributed by atoms with Crippen LogP contribution in [0.25, 0.3) is 5.69 Å². The fraction of sp³-hybridized carbons (Fsp3) is 0.350. The van der Waals surface area contributed by atoms with Crippen LogP contribution in [0.3, 0.4) is 0 Å². The molecule has 3 aromatic rings. The second kappa shape index (κ2) is 8.64. The number of amides is 1. The Bertz CT molecular complexity index is 1090. The van der Waals surface area contributed by atoms with Gasteiger partial charge in [0, 0.05) is 12.1 Å². The Morgan fingerprint density at radius 3 is 2.65 bits per heavy atom. The predicted octanol–water partition coefficient (Wildman–Crippen LogP) is 2.03. The van der Waals surface area contributed by atoms with Crippen molar-refractivity contribution >= 4 is 23.2 Å². The number of rotatable bonds is 6. The van der Waals surface area contributed by atoms with Crippen molar-refractivity contribution in [1.82, 2.24) is 25.0 Å². The van der Waals surface area contributed by atoms with E-state index >= 15 is 0 Å². The van der Waals surface area contributed by atoms with E-state index in [-0.39, 0.29) is 29.3 Å². The van der Waals surface area contributed by atoms with Crippen molar-refractivity contribution in [2.45, 2.75) is 44.7 Å². The van der Waals surface area contributed by atoms with E-state index in [2.05, 4.69) is 30.8 Å². The van der Waals surface area contributed by atoms with Gasteiger partial charge in [0.05, 0.1) is 35.5 Å². The number of primary amides is 1. The van der Waals surface area contributed by atoms with E-state index in [0.717, 1.165) is 31.7 Å². The third kappa shape index (κ3) is 4.45. The molecule has 1 aliphatic rings. The van der Waals surface area contributed by atoms with Gasteiger partial charge in [-0.05, 0) is 31.9 Å². The van der Waals surface area contributed by atoms with Gasteiger partial charge in [0.1, 0.15) is 11.5 Å². The third-order valence-corrected chi connectivity index (χ3v) is 5.34. The van der Waals surface area contributed by atoms with E-state index in [0.29, 0.717) is 17.1 Å². The summed E-state index contributed by atoms with van der Waals surface area (Å²) in [5.74, 6) is -1.33. The van der Waals surface area contributed by atoms with Gasteiger partial charge < -0.3 is 22.1 Å². The van der Waals surface area contributed by atoms with Gasteiger partial charge in [-0.25, -0.2) is 9.37 Å². The van der Waals surface area contributed by atoms with Crippen LogP contribution >= 0.6 is 0 Å². The van der Waals surface area contributed by atoms with E-state index in [1.807, 2.05) is 6.92 Å². The van der Waals surface area contributed by atoms with E-state index in [1.54, 1.807) is 24.7 Å². The number of carbonyl (C=O) groups is 1. The number of hydrogen-bond donors (Lipinski definition) is 4. The summed E-state index contributed by atoms with van der Waals surface area (Å²) in [5, 5.41) is 14.3. The zero-order valence-corrected chi connectivity index (χ0v) is 17.0. The number of nitrogens with one attached hydrogen (secondary N) is 2. The van der Waals surface area contributed by atoms with Gasteiger partial charge in [0.2, 0.25) is 0 Å². The average Bonchev–Trinajstić information content (AvgIpc) is 3.27. The van der Waals surface area contributed by atoms with Gasteiger partial charge in [-0.2, -0.15) is 10.2 Å². The van der Waals surface area contributed by atoms with Gasteiger partial charge in [-0.1, -0.05) is 12.8 Å². The molecular weight excluding hydrogens is 401 g/mol. The first-order chi connectivity index (χ1) is 14.9. The van der Waals surface area contributed by atoms with E-state index in [9.17, 15) is 9.18 Å². The smallest absolute Gasteiger partial charge is 0.252 e. The van der Waals surface area contributed by atoms with Gasteiger partial charge in [-0.3, -0.25) is 9.78 Å². The molecule has 0 radical (unpaired) electrons. The molecule has 0 bridgehead atoms. The number of nitrogens with zero attached hydrogens (tertiary/aromatic N) is 5. The summed E-state index contributed by atoms with van der Waals surface area (Å²) in [7, 11) is 0. The molecule has 162 valence electrons. The highest BCUT2D eigenvalue weighted by molar-refractivity contribution is 5.98. The molecule has 0 aliphatic heterocycles. The van der Waals surface area contributed by atoms with Crippen LogP contribution < -0.4 is 22.1 Å². The molecule has 11 heteroatoms. The lowest BCUT2D eigenvalue weighted by atomic mass is 9.91. The molecule has 10 nitrogen and oxygen atoms in total. The van der Waals surface area contributed by atoms with Crippen LogP contribution in [0.2, 0.25) is 0 Å². The van der Waals surface area contributed by atoms with Crippen LogP contribution in [-0.4, -0.2) is 43.0 Å². The zero-order chi connectivity index (χ0) is 22.0. The summed E-state index contributed by atoms with van der Waals surface area (Å²) in [6.07, 6.45) is 8.43. The maximum Gasteiger partial charge on any atom is 0.252 e. The fourth-order valence-electron chi connectivity index (χ4n) is 3.66. The Morgan fingerprint density at radius 1 is 1.19 bits per heavy atom. The van der Waals surface area contributed by atoms with Crippen LogP contribution in [0.15, 0.2) is 30.7 Å². The molecule has 3 aromatic heterocycles. The van der Waals surface area contributed by atoms with E-state index in [4.69, 9.17) is 11.5 Å². The molecule has 31 heavy (non-hydrogen) atoms. The molecule has 2 atom stereocenters. The molecular formula is C20H24FN9O. The number of hydrogen-bond acceptors (Lipinski definition) is 8. The first kappa shape index (κ1) is 20.7. The molecule has 6 N–H and O–H groups in total. The highest BCUT2D eigenvalue weighted by Crippen LogP contribution is 2.27. The molecule has 1 amide bonds. The van der Waals surface area contributed by atoms with Gasteiger partial charge >= 0.3 is 0 Å². The SMILES string of the molecule is Cc1ncc(Nc2nc(N[C@@H]3CCCC[C@@H]3N)c(F)cc2C(N)=O)cc1-n1nccn1. The number of anilines is 3. The Morgan fingerprint density at radius 2 is 1.94 bits per heavy atom. The van der Waals surface area contributed by atoms with Crippen LogP contribution in [0, 0.1) is 12.7 Å². The minimum absolute atomic E-state index is 0.0175. The lowest BCUT2D eigenvalue weighted by Gasteiger charge is -2.30. The first-order valence-electron chi connectivity index (χ1n) is 10.0. The molecule has 1 fully saturated rings. The highest BCUT2D eigenvalue weighted by Gasteiger charge is 2.24. The van der Waals surface area contributed by atoms with Gasteiger partial charge in [0.15, 0.2) is 11.6 Å². The molecule has 0 spiro atoms. The lowest BCUT2D eigenvalue weighted by Crippen LogP contribution is -2.43. The lowest BCUT2D eigenvalue weighted by molar-refractivity contribution is 0.100. The third-order valence-electron chi connectivity index (χ3n) is 5.34. The maximum atomic E-state index is 14.7. The molecule has 3 heterocycles. The van der Waals surface area contributed by atoms with Crippen molar-refractivity contribution in [3.05, 3.63) is 47.8 Å². The van der Waals surface area contributed by atoms with Crippen LogP contribution in [-0.2, 0) is 0 Å². The summed E-state index contributed by atoms with van der Waals surface area (Å²) < 4.78 is 14.7. The van der Waals surface area contributed by atoms with Crippen molar-refractivity contribution in [2.75, 3.05) is 10.6 Å². The van der Waals surface area contributed by atoms with Crippen molar-refractivity contribution in [3.8, 4) is 5.69 Å². The fourth-order valence-corrected chi connectivity index (χ4v) is 3.66. The summed E-state index contributed by atoms with van der Waals surface area (Å²) in [6, 6.07) is 2.64. The van der Waals surface area contributed by atoms with Crippen LogP contribution in [0.1, 0.15) is 41.7 Å². The van der Waals surface area contributed by atoms with Crippen LogP contribution in [0.5, 0.6) is 0 Å². The molecule has 0 unspecified atom stereocenters. The van der Waals surface area contributed by atoms with E-state index in [1.165, 1.54) is 4.80 Å². The second-order valence-corrected chi connectivity index (χ2v) is 7.55. The van der Waals surface area contributed by atoms with Crippen molar-refractivity contribution in [1.29, 1.82) is 0 Å². The monoisotopic (exact) mass is 425 g/mol. The number of aromatic nitrogens is 5. The largest absolute Gasteiger partial charge is 0.365 e. The molecule has 0 saturated heterocycles. The van der Waals surface area contributed by atoms with Crippen molar-refractivity contribution < 1.29 is 9.18 Å². The number of nitrogens with two attached hydrogens (primary N) is 2. The predicted molar refractivity (Wildman–Crippen MR) is 114 cm³/mol. The zero-order valence-electron chi connectivity index (χ0n) is 17.0. The second-order valence-electron chi connectivity index (χ2n) is 7.55. The summed E-state index contributed by atoms with van der Waals surface area (Å²) >= 11 is 0. The molecule has 4 rings (SSSR count). The quantitative estimate of drug-likeness (QED) is 0.468. The normalized spacial score (nSPS) is 18.5. The molecule has 1 saturated carbocycles. The standard InChI is InChI=1S/C20H24FN9O/c1-11-17(30-25-6-7-26-30)8-12(10-24-11)27-19-13(18(23)31)9-14(21)20(29-19)28-16-5-3-2-4-15(16)22/h6-10,15-16H,2-5,22H2,1H3,(H2,23,31)(H2,27,28,29)/t15-,16+/m0/s1. The molecule has 1 aliphatic carbocycles. The average molecular weight is 425 g/mol. The van der Waals surface area contributed by atoms with E-state index < -0.39 is 11.7 Å². The molecule has 0 aromatic carbocycles. The summed E-state index contributed by atoms with van der Waals surface area (Å²) in [5.41, 5.74) is 13.4. The van der Waals surface area contributed by atoms with Crippen LogP contribution in [0.4, 0.5) is 21.7 Å². The van der Waals surface area contributed by atoms with Gasteiger partial charge in [0.25, 0.3) is 5.91 Å². The maximum absolute atomic E-state index is 14.7.